The van der Waals surface area contributed by atoms with Crippen LogP contribution < -0.4 is 4.90 Å². The average Bonchev–Trinajstić information content (AvgIpc) is 3.08. The number of nitrogens with one attached hydrogen (secondary N) is 1. The number of aromatic nitrogens is 2. The van der Waals surface area contributed by atoms with Crippen LogP contribution >= 0.6 is 0 Å². The molecule has 3 rings (SSSR count). The number of amides is 1. The average molecular weight is 333 g/mol. The van der Waals surface area contributed by atoms with Crippen LogP contribution in [0.3, 0.4) is 0 Å². The molecule has 0 saturated carbocycles. The highest BCUT2D eigenvalue weighted by atomic mass is 32.2. The smallest absolute Gasteiger partial charge is 0.245 e. The Bertz CT molecular complexity index is 815. The van der Waals surface area contributed by atoms with Crippen molar-refractivity contribution < 1.29 is 13.2 Å². The lowest BCUT2D eigenvalue weighted by atomic mass is 9.96. The van der Waals surface area contributed by atoms with Crippen molar-refractivity contribution in [1.29, 1.82) is 0 Å². The third-order valence-corrected chi connectivity index (χ3v) is 6.21. The van der Waals surface area contributed by atoms with Gasteiger partial charge in [-0.2, -0.15) is 0 Å². The van der Waals surface area contributed by atoms with Gasteiger partial charge in [0.05, 0.1) is 0 Å². The molecular formula is C16H19N3O3S. The molecular weight excluding hydrogens is 314 g/mol. The minimum atomic E-state index is -3.83. The molecule has 2 atom stereocenters. The zero-order valence-corrected chi connectivity index (χ0v) is 13.9. The summed E-state index contributed by atoms with van der Waals surface area (Å²) in [5.74, 6) is -0.416. The standard InChI is InChI=1S/C16H19N3O3S/c1-11-7-8-13-5-3-4-6-14(13)19(11)15(20)12(2)23(21,22)16-17-9-10-18-16/h3-6,9-12H,7-8H2,1-2H3,(H,17,18)/t11-,12-/m1/s1. The molecule has 0 fully saturated rings. The molecule has 23 heavy (non-hydrogen) atoms. The fourth-order valence-corrected chi connectivity index (χ4v) is 4.08. The van der Waals surface area contributed by atoms with Crippen LogP contribution in [0.4, 0.5) is 5.69 Å². The number of rotatable bonds is 3. The van der Waals surface area contributed by atoms with E-state index < -0.39 is 21.0 Å². The normalized spacial score (nSPS) is 19.2. The number of aryl methyl sites for hydroxylation is 1. The van der Waals surface area contributed by atoms with Crippen molar-refractivity contribution in [2.24, 2.45) is 0 Å². The summed E-state index contributed by atoms with van der Waals surface area (Å²) in [7, 11) is -3.83. The molecule has 1 aliphatic heterocycles. The Morgan fingerprint density at radius 3 is 2.83 bits per heavy atom. The second-order valence-electron chi connectivity index (χ2n) is 5.81. The first kappa shape index (κ1) is 15.7. The number of nitrogens with zero attached hydrogens (tertiary/aromatic N) is 2. The van der Waals surface area contributed by atoms with Crippen molar-refractivity contribution in [3.63, 3.8) is 0 Å². The Labute approximate surface area is 135 Å². The lowest BCUT2D eigenvalue weighted by Gasteiger charge is -2.36. The van der Waals surface area contributed by atoms with Crippen molar-refractivity contribution in [2.45, 2.75) is 43.1 Å². The number of H-pyrrole nitrogens is 1. The fraction of sp³-hybridized carbons (Fsp3) is 0.375. The van der Waals surface area contributed by atoms with Gasteiger partial charge in [-0.15, -0.1) is 0 Å². The lowest BCUT2D eigenvalue weighted by molar-refractivity contribution is -0.118. The SMILES string of the molecule is C[C@@H]1CCc2ccccc2N1C(=O)[C@@H](C)S(=O)(=O)c1ncc[nH]1. The van der Waals surface area contributed by atoms with E-state index >= 15 is 0 Å². The van der Waals surface area contributed by atoms with E-state index in [4.69, 9.17) is 0 Å². The van der Waals surface area contributed by atoms with Gasteiger partial charge in [-0.05, 0) is 38.3 Å². The van der Waals surface area contributed by atoms with Crippen molar-refractivity contribution in [3.05, 3.63) is 42.2 Å². The highest BCUT2D eigenvalue weighted by molar-refractivity contribution is 7.92. The number of aromatic amines is 1. The lowest BCUT2D eigenvalue weighted by Crippen LogP contribution is -2.48. The van der Waals surface area contributed by atoms with E-state index in [1.807, 2.05) is 31.2 Å². The first-order valence-electron chi connectivity index (χ1n) is 7.57. The fourth-order valence-electron chi connectivity index (χ4n) is 2.93. The summed E-state index contributed by atoms with van der Waals surface area (Å²) >= 11 is 0. The maximum Gasteiger partial charge on any atom is 0.245 e. The summed E-state index contributed by atoms with van der Waals surface area (Å²) in [6.45, 7) is 3.37. The van der Waals surface area contributed by atoms with E-state index in [1.54, 1.807) is 4.90 Å². The topological polar surface area (TPSA) is 83.1 Å². The third kappa shape index (κ3) is 2.65. The first-order valence-corrected chi connectivity index (χ1v) is 9.12. The predicted molar refractivity (Wildman–Crippen MR) is 86.9 cm³/mol. The van der Waals surface area contributed by atoms with Gasteiger partial charge < -0.3 is 9.88 Å². The molecule has 1 N–H and O–H groups in total. The van der Waals surface area contributed by atoms with Crippen LogP contribution in [0.15, 0.2) is 41.8 Å². The highest BCUT2D eigenvalue weighted by Gasteiger charge is 2.38. The van der Waals surface area contributed by atoms with E-state index in [-0.39, 0.29) is 11.2 Å². The second kappa shape index (κ2) is 5.81. The maximum atomic E-state index is 12.9. The summed E-state index contributed by atoms with van der Waals surface area (Å²) in [6.07, 6.45) is 4.50. The molecule has 122 valence electrons. The number of carbonyl (C=O) groups excluding carboxylic acids is 1. The number of benzene rings is 1. The van der Waals surface area contributed by atoms with Crippen LogP contribution in [-0.4, -0.2) is 35.6 Å². The summed E-state index contributed by atoms with van der Waals surface area (Å²) in [6, 6.07) is 7.61. The van der Waals surface area contributed by atoms with Gasteiger partial charge in [-0.1, -0.05) is 18.2 Å². The zero-order chi connectivity index (χ0) is 16.6. The van der Waals surface area contributed by atoms with Gasteiger partial charge in [-0.25, -0.2) is 13.4 Å². The highest BCUT2D eigenvalue weighted by Crippen LogP contribution is 2.32. The maximum absolute atomic E-state index is 12.9. The zero-order valence-electron chi connectivity index (χ0n) is 13.1. The van der Waals surface area contributed by atoms with Gasteiger partial charge in [-0.3, -0.25) is 4.79 Å². The number of anilines is 1. The molecule has 1 aromatic carbocycles. The molecule has 0 bridgehead atoms. The van der Waals surface area contributed by atoms with Gasteiger partial charge in [0, 0.05) is 24.1 Å². The molecule has 6 nitrogen and oxygen atoms in total. The van der Waals surface area contributed by atoms with Gasteiger partial charge in [0.2, 0.25) is 20.9 Å². The van der Waals surface area contributed by atoms with Crippen LogP contribution in [0.2, 0.25) is 0 Å². The Kier molecular flexibility index (Phi) is 3.97. The van der Waals surface area contributed by atoms with E-state index in [0.717, 1.165) is 24.1 Å². The molecule has 0 radical (unpaired) electrons. The molecule has 2 aromatic rings. The summed E-state index contributed by atoms with van der Waals surface area (Å²) in [5, 5.41) is -1.36. The van der Waals surface area contributed by atoms with Gasteiger partial charge in [0.25, 0.3) is 0 Å². The van der Waals surface area contributed by atoms with Gasteiger partial charge in [0.15, 0.2) is 0 Å². The summed E-state index contributed by atoms with van der Waals surface area (Å²) < 4.78 is 25.1. The van der Waals surface area contributed by atoms with Crippen molar-refractivity contribution in [2.75, 3.05) is 4.90 Å². The molecule has 0 aliphatic carbocycles. The minimum absolute atomic E-state index is 0.0355. The number of carbonyl (C=O) groups is 1. The molecule has 1 amide bonds. The van der Waals surface area contributed by atoms with E-state index in [2.05, 4.69) is 9.97 Å². The number of fused-ring (bicyclic) bond motifs is 1. The Balaban J connectivity index is 1.97. The molecule has 1 aromatic heterocycles. The molecule has 0 saturated heterocycles. The second-order valence-corrected chi connectivity index (χ2v) is 7.99. The van der Waals surface area contributed by atoms with Crippen LogP contribution in [0.1, 0.15) is 25.8 Å². The molecule has 2 heterocycles. The molecule has 1 aliphatic rings. The van der Waals surface area contributed by atoms with Crippen LogP contribution in [0, 0.1) is 0 Å². The molecule has 0 spiro atoms. The monoisotopic (exact) mass is 333 g/mol. The van der Waals surface area contributed by atoms with Crippen molar-refractivity contribution >= 4 is 21.4 Å². The molecule has 0 unspecified atom stereocenters. The number of hydrogen-bond acceptors (Lipinski definition) is 4. The first-order chi connectivity index (χ1) is 10.9. The number of imidazole rings is 1. The Morgan fingerprint density at radius 1 is 1.39 bits per heavy atom. The number of hydrogen-bond donors (Lipinski definition) is 1. The largest absolute Gasteiger partial charge is 0.336 e. The summed E-state index contributed by atoms with van der Waals surface area (Å²) in [4.78, 5) is 20.9. The summed E-state index contributed by atoms with van der Waals surface area (Å²) in [5.41, 5.74) is 1.87. The van der Waals surface area contributed by atoms with E-state index in [0.29, 0.717) is 0 Å². The quantitative estimate of drug-likeness (QED) is 0.930. The van der Waals surface area contributed by atoms with Crippen molar-refractivity contribution in [3.8, 4) is 0 Å². The Morgan fingerprint density at radius 2 is 2.13 bits per heavy atom. The van der Waals surface area contributed by atoms with E-state index in [1.165, 1.54) is 19.3 Å². The minimum Gasteiger partial charge on any atom is -0.336 e. The predicted octanol–water partition coefficient (Wildman–Crippen LogP) is 1.94. The van der Waals surface area contributed by atoms with E-state index in [9.17, 15) is 13.2 Å². The Hall–Kier alpha value is -2.15. The molecule has 7 heteroatoms. The van der Waals surface area contributed by atoms with Gasteiger partial charge in [0.1, 0.15) is 5.25 Å². The van der Waals surface area contributed by atoms with Gasteiger partial charge >= 0.3 is 0 Å². The number of sulfone groups is 1. The number of para-hydroxylation sites is 1. The van der Waals surface area contributed by atoms with Crippen LogP contribution in [0.25, 0.3) is 0 Å². The van der Waals surface area contributed by atoms with Crippen LogP contribution in [-0.2, 0) is 21.1 Å². The van der Waals surface area contributed by atoms with Crippen LogP contribution in [0.5, 0.6) is 0 Å². The van der Waals surface area contributed by atoms with Crippen molar-refractivity contribution in [1.82, 2.24) is 9.97 Å². The third-order valence-electron chi connectivity index (χ3n) is 4.32.